The lowest BCUT2D eigenvalue weighted by Gasteiger charge is -2.28. The summed E-state index contributed by atoms with van der Waals surface area (Å²) in [5.41, 5.74) is -0.147. The van der Waals surface area contributed by atoms with Crippen LogP contribution in [-0.4, -0.2) is 23.7 Å². The van der Waals surface area contributed by atoms with E-state index < -0.39 is 17.7 Å². The fraction of sp³-hybridized carbons (Fsp3) is 0.476. The summed E-state index contributed by atoms with van der Waals surface area (Å²) < 4.78 is 47.5. The van der Waals surface area contributed by atoms with Gasteiger partial charge in [0.05, 0.1) is 12.6 Å². The van der Waals surface area contributed by atoms with Crippen LogP contribution in [0.5, 0.6) is 5.75 Å². The molecule has 1 aliphatic rings. The zero-order valence-electron chi connectivity index (χ0n) is 15.7. The smallest absolute Gasteiger partial charge is 0.420 e. The number of carboxylic acids is 1. The zero-order valence-corrected chi connectivity index (χ0v) is 15.7. The summed E-state index contributed by atoms with van der Waals surface area (Å²) in [6.07, 6.45) is -1.32. The highest BCUT2D eigenvalue weighted by molar-refractivity contribution is 5.91. The number of carbonyl (C=O) groups is 1. The van der Waals surface area contributed by atoms with E-state index in [0.717, 1.165) is 25.7 Å². The van der Waals surface area contributed by atoms with Gasteiger partial charge in [-0.25, -0.2) is 0 Å². The van der Waals surface area contributed by atoms with Gasteiger partial charge in [0.2, 0.25) is 0 Å². The van der Waals surface area contributed by atoms with E-state index >= 15 is 0 Å². The molecule has 0 aliphatic heterocycles. The van der Waals surface area contributed by atoms with Gasteiger partial charge in [0.1, 0.15) is 11.3 Å². The number of hydrogen-bond donors (Lipinski definition) is 2. The van der Waals surface area contributed by atoms with Gasteiger partial charge in [-0.05, 0) is 54.0 Å². The van der Waals surface area contributed by atoms with E-state index in [0.29, 0.717) is 16.9 Å². The second kappa shape index (κ2) is 8.39. The maximum absolute atomic E-state index is 13.9. The molecule has 0 bridgehead atoms. The third-order valence-electron chi connectivity index (χ3n) is 5.25. The maximum atomic E-state index is 13.9. The molecule has 2 aromatic rings. The van der Waals surface area contributed by atoms with Gasteiger partial charge in [-0.15, -0.1) is 0 Å². The van der Waals surface area contributed by atoms with Crippen molar-refractivity contribution >= 4 is 16.7 Å². The van der Waals surface area contributed by atoms with E-state index in [1.54, 1.807) is 18.2 Å². The molecule has 28 heavy (non-hydrogen) atoms. The third kappa shape index (κ3) is 4.76. The second-order valence-electron chi connectivity index (χ2n) is 7.45. The highest BCUT2D eigenvalue weighted by atomic mass is 19.4. The molecule has 2 aromatic carbocycles. The van der Waals surface area contributed by atoms with Gasteiger partial charge in [-0.3, -0.25) is 4.79 Å². The quantitative estimate of drug-likeness (QED) is 0.724. The molecule has 1 fully saturated rings. The number of nitrogens with one attached hydrogen (secondary N) is 1. The van der Waals surface area contributed by atoms with Crippen molar-refractivity contribution in [1.82, 2.24) is 5.32 Å². The summed E-state index contributed by atoms with van der Waals surface area (Å²) in [6, 6.07) is 7.71. The summed E-state index contributed by atoms with van der Waals surface area (Å²) in [5.74, 6) is -0.566. The number of rotatable bonds is 6. The van der Waals surface area contributed by atoms with E-state index in [1.165, 1.54) is 12.1 Å². The van der Waals surface area contributed by atoms with E-state index in [2.05, 4.69) is 12.2 Å². The molecule has 0 spiro atoms. The minimum absolute atomic E-state index is 0.0730. The fourth-order valence-electron chi connectivity index (χ4n) is 3.78. The Kier molecular flexibility index (Phi) is 6.13. The summed E-state index contributed by atoms with van der Waals surface area (Å²) in [5, 5.41) is 12.0. The predicted octanol–water partition coefficient (Wildman–Crippen LogP) is 4.99. The Hall–Kier alpha value is -2.28. The van der Waals surface area contributed by atoms with Crippen LogP contribution in [0.2, 0.25) is 0 Å². The van der Waals surface area contributed by atoms with Crippen LogP contribution in [-0.2, 0) is 17.5 Å². The molecule has 3 rings (SSSR count). The number of halogens is 3. The number of hydrogen-bond acceptors (Lipinski definition) is 3. The van der Waals surface area contributed by atoms with Gasteiger partial charge in [-0.1, -0.05) is 31.2 Å². The lowest BCUT2D eigenvalue weighted by atomic mass is 9.89. The average molecular weight is 395 g/mol. The van der Waals surface area contributed by atoms with Gasteiger partial charge in [0.15, 0.2) is 0 Å². The van der Waals surface area contributed by atoms with E-state index in [1.807, 2.05) is 0 Å². The Balaban J connectivity index is 1.95. The minimum Gasteiger partial charge on any atom is -0.490 e. The van der Waals surface area contributed by atoms with Crippen molar-refractivity contribution in [2.24, 2.45) is 5.92 Å². The molecule has 2 N–H and O–H groups in total. The molecule has 4 nitrogen and oxygen atoms in total. The van der Waals surface area contributed by atoms with Crippen molar-refractivity contribution < 1.29 is 27.8 Å². The Bertz CT molecular complexity index is 843. The summed E-state index contributed by atoms with van der Waals surface area (Å²) >= 11 is 0. The van der Waals surface area contributed by atoms with Crippen LogP contribution >= 0.6 is 0 Å². The SMILES string of the molecule is CC1CCC(Oc2ccc3c(CNCC(=O)O)cccc3c2C(F)(F)F)CC1. The number of carboxylic acid groups (broad SMARTS) is 1. The van der Waals surface area contributed by atoms with Gasteiger partial charge < -0.3 is 15.2 Å². The lowest BCUT2D eigenvalue weighted by Crippen LogP contribution is -2.24. The highest BCUT2D eigenvalue weighted by Crippen LogP contribution is 2.43. The first-order valence-corrected chi connectivity index (χ1v) is 9.46. The molecule has 0 radical (unpaired) electrons. The fourth-order valence-corrected chi connectivity index (χ4v) is 3.78. The molecule has 1 saturated carbocycles. The highest BCUT2D eigenvalue weighted by Gasteiger charge is 2.37. The largest absolute Gasteiger partial charge is 0.490 e. The number of ether oxygens (including phenoxy) is 1. The van der Waals surface area contributed by atoms with Crippen LogP contribution in [0, 0.1) is 5.92 Å². The molecule has 1 aliphatic carbocycles. The Labute approximate surface area is 161 Å². The summed E-state index contributed by atoms with van der Waals surface area (Å²) in [6.45, 7) is 2.05. The average Bonchev–Trinajstić information content (AvgIpc) is 2.62. The molecule has 0 aromatic heterocycles. The van der Waals surface area contributed by atoms with Crippen LogP contribution in [0.15, 0.2) is 30.3 Å². The topological polar surface area (TPSA) is 58.6 Å². The second-order valence-corrected chi connectivity index (χ2v) is 7.45. The molecule has 0 amide bonds. The Morgan fingerprint density at radius 2 is 1.86 bits per heavy atom. The summed E-state index contributed by atoms with van der Waals surface area (Å²) in [4.78, 5) is 10.7. The van der Waals surface area contributed by atoms with Crippen LogP contribution in [0.4, 0.5) is 13.2 Å². The van der Waals surface area contributed by atoms with Crippen molar-refractivity contribution in [2.45, 2.75) is 51.4 Å². The van der Waals surface area contributed by atoms with Crippen LogP contribution in [0.25, 0.3) is 10.8 Å². The van der Waals surface area contributed by atoms with Crippen LogP contribution in [0.3, 0.4) is 0 Å². The van der Waals surface area contributed by atoms with Crippen molar-refractivity contribution in [3.63, 3.8) is 0 Å². The molecule has 0 unspecified atom stereocenters. The minimum atomic E-state index is -4.55. The predicted molar refractivity (Wildman–Crippen MR) is 100 cm³/mol. The number of benzene rings is 2. The number of fused-ring (bicyclic) bond motifs is 1. The number of aliphatic carboxylic acids is 1. The number of alkyl halides is 3. The van der Waals surface area contributed by atoms with E-state index in [-0.39, 0.29) is 30.3 Å². The van der Waals surface area contributed by atoms with Crippen molar-refractivity contribution in [1.29, 1.82) is 0 Å². The zero-order chi connectivity index (χ0) is 20.3. The van der Waals surface area contributed by atoms with Crippen LogP contribution in [0.1, 0.15) is 43.7 Å². The molecular formula is C21H24F3NO3. The molecule has 0 saturated heterocycles. The van der Waals surface area contributed by atoms with Gasteiger partial charge >= 0.3 is 12.1 Å². The molecular weight excluding hydrogens is 371 g/mol. The van der Waals surface area contributed by atoms with Gasteiger partial charge in [0.25, 0.3) is 0 Å². The standard InChI is InChI=1S/C21H24F3NO3/c1-13-5-7-15(8-6-13)28-18-10-9-16-14(11-25-12-19(26)27)3-2-4-17(16)20(18)21(22,23)24/h2-4,9-10,13,15,25H,5-8,11-12H2,1H3,(H,26,27). The van der Waals surface area contributed by atoms with E-state index in [9.17, 15) is 18.0 Å². The molecule has 0 atom stereocenters. The first-order valence-electron chi connectivity index (χ1n) is 9.46. The Morgan fingerprint density at radius 1 is 1.14 bits per heavy atom. The first kappa shape index (κ1) is 20.5. The normalized spacial score (nSPS) is 20.3. The maximum Gasteiger partial charge on any atom is 0.420 e. The summed E-state index contributed by atoms with van der Waals surface area (Å²) in [7, 11) is 0. The third-order valence-corrected chi connectivity index (χ3v) is 5.25. The van der Waals surface area contributed by atoms with Gasteiger partial charge in [0, 0.05) is 6.54 Å². The van der Waals surface area contributed by atoms with Crippen LogP contribution < -0.4 is 10.1 Å². The Morgan fingerprint density at radius 3 is 2.50 bits per heavy atom. The molecule has 152 valence electrons. The van der Waals surface area contributed by atoms with Crippen molar-refractivity contribution in [3.8, 4) is 5.75 Å². The van der Waals surface area contributed by atoms with E-state index in [4.69, 9.17) is 9.84 Å². The van der Waals surface area contributed by atoms with Gasteiger partial charge in [-0.2, -0.15) is 13.2 Å². The van der Waals surface area contributed by atoms with Crippen molar-refractivity contribution in [2.75, 3.05) is 6.54 Å². The lowest BCUT2D eigenvalue weighted by molar-refractivity contribution is -0.138. The molecule has 7 heteroatoms. The first-order chi connectivity index (χ1) is 13.3. The molecule has 0 heterocycles. The monoisotopic (exact) mass is 395 g/mol. The van der Waals surface area contributed by atoms with Crippen molar-refractivity contribution in [3.05, 3.63) is 41.5 Å².